The summed E-state index contributed by atoms with van der Waals surface area (Å²) in [4.78, 5) is 6.21. The minimum Gasteiger partial charge on any atom is -0.363 e. The molecule has 1 aromatic heterocycles. The van der Waals surface area contributed by atoms with Crippen molar-refractivity contribution in [2.24, 2.45) is 0 Å². The third-order valence-corrected chi connectivity index (χ3v) is 2.85. The second-order valence-corrected chi connectivity index (χ2v) is 4.17. The maximum atomic E-state index is 5.21. The van der Waals surface area contributed by atoms with E-state index in [4.69, 9.17) is 12.2 Å². The van der Waals surface area contributed by atoms with E-state index in [2.05, 4.69) is 17.2 Å². The molecule has 0 aliphatic carbocycles. The van der Waals surface area contributed by atoms with Gasteiger partial charge >= 0.3 is 0 Å². The summed E-state index contributed by atoms with van der Waals surface area (Å²) in [5.41, 5.74) is 2.91. The fraction of sp³-hybridized carbons (Fsp3) is 0.556. The Morgan fingerprint density at radius 1 is 1.71 bits per heavy atom. The molecule has 5 heteroatoms. The molecule has 0 unspecified atom stereocenters. The lowest BCUT2D eigenvalue weighted by atomic mass is 10.4. The molecule has 14 heavy (non-hydrogen) atoms. The van der Waals surface area contributed by atoms with Crippen LogP contribution < -0.4 is 5.32 Å². The van der Waals surface area contributed by atoms with Gasteiger partial charge in [0.2, 0.25) is 0 Å². The Morgan fingerprint density at radius 2 is 2.50 bits per heavy atom. The smallest absolute Gasteiger partial charge is 0.169 e. The molecule has 0 bridgehead atoms. The van der Waals surface area contributed by atoms with Crippen molar-refractivity contribution in [3.8, 4) is 0 Å². The van der Waals surface area contributed by atoms with Crippen LogP contribution >= 0.6 is 23.6 Å². The second-order valence-electron chi connectivity index (χ2n) is 3.07. The van der Waals surface area contributed by atoms with E-state index >= 15 is 0 Å². The zero-order valence-electron chi connectivity index (χ0n) is 8.49. The first kappa shape index (κ1) is 11.4. The Hall–Kier alpha value is -0.680. The molecule has 0 amide bonds. The van der Waals surface area contributed by atoms with Gasteiger partial charge in [-0.2, -0.15) is 0 Å². The summed E-state index contributed by atoms with van der Waals surface area (Å²) in [5, 5.41) is 6.01. The fourth-order valence-corrected chi connectivity index (χ4v) is 1.71. The highest BCUT2D eigenvalue weighted by Crippen LogP contribution is 2.03. The van der Waals surface area contributed by atoms with Gasteiger partial charge in [-0.3, -0.25) is 0 Å². The Bertz CT molecular complexity index is 272. The van der Waals surface area contributed by atoms with Gasteiger partial charge in [0.05, 0.1) is 17.7 Å². The van der Waals surface area contributed by atoms with Crippen LogP contribution in [0, 0.1) is 0 Å². The predicted molar refractivity (Wildman–Crippen MR) is 64.5 cm³/mol. The van der Waals surface area contributed by atoms with Gasteiger partial charge < -0.3 is 10.2 Å². The number of thiocarbonyl (C=S) groups is 1. The maximum Gasteiger partial charge on any atom is 0.169 e. The predicted octanol–water partition coefficient (Wildman–Crippen LogP) is 1.86. The molecular weight excluding hydrogens is 214 g/mol. The normalized spacial score (nSPS) is 9.86. The second kappa shape index (κ2) is 5.93. The van der Waals surface area contributed by atoms with Crippen LogP contribution in [0.2, 0.25) is 0 Å². The molecule has 3 nitrogen and oxygen atoms in total. The standard InChI is InChI=1S/C9H15N3S2/c1-3-4-10-9(13)12(2)5-8-6-14-7-11-8/h6-7H,3-5H2,1-2H3,(H,10,13). The Kier molecular flexibility index (Phi) is 4.82. The van der Waals surface area contributed by atoms with Gasteiger partial charge in [-0.25, -0.2) is 4.98 Å². The quantitative estimate of drug-likeness (QED) is 0.798. The third kappa shape index (κ3) is 3.59. The summed E-state index contributed by atoms with van der Waals surface area (Å²) in [7, 11) is 1.98. The summed E-state index contributed by atoms with van der Waals surface area (Å²) in [6.07, 6.45) is 1.09. The van der Waals surface area contributed by atoms with Crippen LogP contribution in [0.1, 0.15) is 19.0 Å². The van der Waals surface area contributed by atoms with Crippen molar-refractivity contribution >= 4 is 28.7 Å². The van der Waals surface area contributed by atoms with E-state index in [1.165, 1.54) is 0 Å². The van der Waals surface area contributed by atoms with Crippen LogP contribution in [-0.2, 0) is 6.54 Å². The molecule has 0 aromatic carbocycles. The van der Waals surface area contributed by atoms with E-state index in [0.29, 0.717) is 0 Å². The number of aromatic nitrogens is 1. The first-order valence-corrected chi connectivity index (χ1v) is 5.95. The van der Waals surface area contributed by atoms with Crippen LogP contribution in [0.25, 0.3) is 0 Å². The van der Waals surface area contributed by atoms with Crippen LogP contribution in [0.3, 0.4) is 0 Å². The maximum absolute atomic E-state index is 5.21. The molecule has 0 spiro atoms. The molecule has 0 atom stereocenters. The Balaban J connectivity index is 2.34. The fourth-order valence-electron chi connectivity index (χ4n) is 0.997. The minimum absolute atomic E-state index is 0.777. The lowest BCUT2D eigenvalue weighted by molar-refractivity contribution is 0.483. The van der Waals surface area contributed by atoms with Gasteiger partial charge in [0.15, 0.2) is 5.11 Å². The van der Waals surface area contributed by atoms with Gasteiger partial charge in [-0.1, -0.05) is 6.92 Å². The number of thiazole rings is 1. The molecule has 1 aromatic rings. The summed E-state index contributed by atoms with van der Waals surface area (Å²) in [6.45, 7) is 3.83. The zero-order valence-corrected chi connectivity index (χ0v) is 10.1. The van der Waals surface area contributed by atoms with Crippen LogP contribution in [-0.4, -0.2) is 28.6 Å². The molecular formula is C9H15N3S2. The van der Waals surface area contributed by atoms with E-state index in [9.17, 15) is 0 Å². The van der Waals surface area contributed by atoms with Crippen molar-refractivity contribution in [2.45, 2.75) is 19.9 Å². The van der Waals surface area contributed by atoms with E-state index < -0.39 is 0 Å². The largest absolute Gasteiger partial charge is 0.363 e. The van der Waals surface area contributed by atoms with Crippen molar-refractivity contribution in [2.75, 3.05) is 13.6 Å². The van der Waals surface area contributed by atoms with E-state index in [-0.39, 0.29) is 0 Å². The Morgan fingerprint density at radius 3 is 3.07 bits per heavy atom. The molecule has 0 aliphatic rings. The SMILES string of the molecule is CCCNC(=S)N(C)Cc1cscn1. The van der Waals surface area contributed by atoms with Crippen molar-refractivity contribution in [3.05, 3.63) is 16.6 Å². The molecule has 1 heterocycles. The van der Waals surface area contributed by atoms with Gasteiger partial charge in [0.25, 0.3) is 0 Å². The molecule has 0 radical (unpaired) electrons. The van der Waals surface area contributed by atoms with Crippen LogP contribution in [0.15, 0.2) is 10.9 Å². The molecule has 1 N–H and O–H groups in total. The van der Waals surface area contributed by atoms with Crippen molar-refractivity contribution in [1.82, 2.24) is 15.2 Å². The molecule has 0 saturated carbocycles. The average Bonchev–Trinajstić information content (AvgIpc) is 2.66. The topological polar surface area (TPSA) is 28.2 Å². The van der Waals surface area contributed by atoms with Crippen LogP contribution in [0.4, 0.5) is 0 Å². The zero-order chi connectivity index (χ0) is 10.4. The molecule has 78 valence electrons. The van der Waals surface area contributed by atoms with Crippen molar-refractivity contribution in [1.29, 1.82) is 0 Å². The summed E-state index contributed by atoms with van der Waals surface area (Å²) in [5.74, 6) is 0. The van der Waals surface area contributed by atoms with Gasteiger partial charge in [-0.15, -0.1) is 11.3 Å². The van der Waals surface area contributed by atoms with E-state index in [1.54, 1.807) is 11.3 Å². The highest BCUT2D eigenvalue weighted by atomic mass is 32.1. The van der Waals surface area contributed by atoms with Gasteiger partial charge in [-0.05, 0) is 18.6 Å². The third-order valence-electron chi connectivity index (χ3n) is 1.76. The Labute approximate surface area is 94.1 Å². The number of nitrogens with zero attached hydrogens (tertiary/aromatic N) is 2. The summed E-state index contributed by atoms with van der Waals surface area (Å²) in [6, 6.07) is 0. The molecule has 0 aliphatic heterocycles. The van der Waals surface area contributed by atoms with Crippen molar-refractivity contribution < 1.29 is 0 Å². The summed E-state index contributed by atoms with van der Waals surface area (Å²) >= 11 is 6.82. The average molecular weight is 229 g/mol. The lowest BCUT2D eigenvalue weighted by Crippen LogP contribution is -2.36. The number of nitrogens with one attached hydrogen (secondary N) is 1. The van der Waals surface area contributed by atoms with Gasteiger partial charge in [0.1, 0.15) is 0 Å². The van der Waals surface area contributed by atoms with Gasteiger partial charge in [0, 0.05) is 19.0 Å². The number of hydrogen-bond acceptors (Lipinski definition) is 3. The van der Waals surface area contributed by atoms with E-state index in [0.717, 1.165) is 30.3 Å². The van der Waals surface area contributed by atoms with E-state index in [1.807, 2.05) is 22.8 Å². The number of rotatable bonds is 4. The molecule has 0 fully saturated rings. The first-order valence-electron chi connectivity index (χ1n) is 4.60. The highest BCUT2D eigenvalue weighted by Gasteiger charge is 2.04. The van der Waals surface area contributed by atoms with Crippen LogP contribution in [0.5, 0.6) is 0 Å². The monoisotopic (exact) mass is 229 g/mol. The molecule has 0 saturated heterocycles. The van der Waals surface area contributed by atoms with Crippen molar-refractivity contribution in [3.63, 3.8) is 0 Å². The first-order chi connectivity index (χ1) is 6.74. The molecule has 1 rings (SSSR count). The lowest BCUT2D eigenvalue weighted by Gasteiger charge is -2.19. The minimum atomic E-state index is 0.777. The number of hydrogen-bond donors (Lipinski definition) is 1. The summed E-state index contributed by atoms with van der Waals surface area (Å²) < 4.78 is 0. The highest BCUT2D eigenvalue weighted by molar-refractivity contribution is 7.80.